The molecule has 0 spiro atoms. The molecule has 10 heavy (non-hydrogen) atoms. The van der Waals surface area contributed by atoms with Crippen LogP contribution in [-0.2, 0) is 11.3 Å². The number of hydrogen-bond acceptors (Lipinski definition) is 2. The summed E-state index contributed by atoms with van der Waals surface area (Å²) in [5.74, 6) is 0. The Morgan fingerprint density at radius 3 is 3.10 bits per heavy atom. The van der Waals surface area contributed by atoms with Gasteiger partial charge in [-0.3, -0.25) is 4.68 Å². The Balaban J connectivity index is 2.42. The predicted molar refractivity (Wildman–Crippen MR) is 46.8 cm³/mol. The van der Waals surface area contributed by atoms with E-state index in [1.807, 2.05) is 16.9 Å². The number of hydrogen-bond donors (Lipinski definition) is 0. The van der Waals surface area contributed by atoms with Crippen LogP contribution >= 0.6 is 22.6 Å². The average molecular weight is 252 g/mol. The van der Waals surface area contributed by atoms with Crippen LogP contribution in [0, 0.1) is 3.70 Å². The fourth-order valence-corrected chi connectivity index (χ4v) is 1.08. The molecule has 1 aromatic heterocycles. The van der Waals surface area contributed by atoms with Crippen molar-refractivity contribution in [3.63, 3.8) is 0 Å². The van der Waals surface area contributed by atoms with Crippen molar-refractivity contribution in [2.24, 2.45) is 0 Å². The Kier molecular flexibility index (Phi) is 3.14. The van der Waals surface area contributed by atoms with Gasteiger partial charge in [-0.1, -0.05) is 0 Å². The molecule has 3 nitrogen and oxygen atoms in total. The zero-order valence-electron chi connectivity index (χ0n) is 5.75. The molecule has 1 rings (SSSR count). The molecule has 0 fully saturated rings. The number of ether oxygens (including phenoxy) is 1. The molecule has 56 valence electrons. The smallest absolute Gasteiger partial charge is 0.123 e. The summed E-state index contributed by atoms with van der Waals surface area (Å²) >= 11 is 2.18. The van der Waals surface area contributed by atoms with E-state index in [1.165, 1.54) is 0 Å². The zero-order valence-corrected chi connectivity index (χ0v) is 7.91. The lowest BCUT2D eigenvalue weighted by Gasteiger charge is -1.97. The van der Waals surface area contributed by atoms with Crippen molar-refractivity contribution in [2.45, 2.75) is 6.54 Å². The van der Waals surface area contributed by atoms with E-state index in [1.54, 1.807) is 7.11 Å². The van der Waals surface area contributed by atoms with Crippen LogP contribution in [0.5, 0.6) is 0 Å². The Morgan fingerprint density at radius 1 is 1.80 bits per heavy atom. The van der Waals surface area contributed by atoms with Crippen LogP contribution < -0.4 is 0 Å². The summed E-state index contributed by atoms with van der Waals surface area (Å²) in [5.41, 5.74) is 0. The van der Waals surface area contributed by atoms with Crippen molar-refractivity contribution < 1.29 is 4.74 Å². The maximum absolute atomic E-state index is 4.89. The Bertz CT molecular complexity index is 199. The van der Waals surface area contributed by atoms with Crippen molar-refractivity contribution in [3.8, 4) is 0 Å². The number of nitrogens with zero attached hydrogens (tertiary/aromatic N) is 2. The van der Waals surface area contributed by atoms with E-state index in [0.717, 1.165) is 16.9 Å². The second-order valence-corrected chi connectivity index (χ2v) is 3.00. The van der Waals surface area contributed by atoms with E-state index < -0.39 is 0 Å². The molecule has 0 aliphatic rings. The molecule has 0 bridgehead atoms. The fraction of sp³-hybridized carbons (Fsp3) is 0.500. The van der Waals surface area contributed by atoms with E-state index in [2.05, 4.69) is 27.7 Å². The molecule has 0 saturated carbocycles. The third-order valence-corrected chi connectivity index (χ3v) is 1.71. The van der Waals surface area contributed by atoms with Gasteiger partial charge in [0.2, 0.25) is 0 Å². The molecule has 0 N–H and O–H groups in total. The van der Waals surface area contributed by atoms with Crippen LogP contribution in [0.25, 0.3) is 0 Å². The minimum atomic E-state index is 0.720. The highest BCUT2D eigenvalue weighted by Gasteiger charge is 1.92. The highest BCUT2D eigenvalue weighted by Crippen LogP contribution is 1.98. The summed E-state index contributed by atoms with van der Waals surface area (Å²) in [6.07, 6.45) is 1.95. The molecular weight excluding hydrogens is 243 g/mol. The molecule has 0 aliphatic carbocycles. The van der Waals surface area contributed by atoms with Crippen LogP contribution in [0.3, 0.4) is 0 Å². The second kappa shape index (κ2) is 3.92. The van der Waals surface area contributed by atoms with Crippen molar-refractivity contribution in [1.82, 2.24) is 9.78 Å². The van der Waals surface area contributed by atoms with Gasteiger partial charge in [0.25, 0.3) is 0 Å². The van der Waals surface area contributed by atoms with Gasteiger partial charge in [-0.2, -0.15) is 5.10 Å². The van der Waals surface area contributed by atoms with Gasteiger partial charge in [0.15, 0.2) is 0 Å². The normalized spacial score (nSPS) is 10.2. The Hall–Kier alpha value is -0.100. The molecule has 0 saturated heterocycles. The van der Waals surface area contributed by atoms with E-state index in [-0.39, 0.29) is 0 Å². The van der Waals surface area contributed by atoms with Gasteiger partial charge in [0.05, 0.1) is 13.2 Å². The standard InChI is InChI=1S/C6H9IN2O/c1-10-5-4-9-3-2-6(7)8-9/h2-3H,4-5H2,1H3. The first-order valence-electron chi connectivity index (χ1n) is 3.01. The van der Waals surface area contributed by atoms with Crippen LogP contribution in [0.1, 0.15) is 0 Å². The van der Waals surface area contributed by atoms with E-state index >= 15 is 0 Å². The first-order valence-corrected chi connectivity index (χ1v) is 4.08. The summed E-state index contributed by atoms with van der Waals surface area (Å²) < 4.78 is 7.78. The van der Waals surface area contributed by atoms with Gasteiger partial charge in [-0.05, 0) is 28.7 Å². The molecule has 0 amide bonds. The van der Waals surface area contributed by atoms with E-state index in [9.17, 15) is 0 Å². The van der Waals surface area contributed by atoms with Crippen LogP contribution in [0.2, 0.25) is 0 Å². The van der Waals surface area contributed by atoms with Gasteiger partial charge in [-0.15, -0.1) is 0 Å². The van der Waals surface area contributed by atoms with Crippen molar-refractivity contribution in [2.75, 3.05) is 13.7 Å². The molecule has 0 atom stereocenters. The zero-order chi connectivity index (χ0) is 7.40. The quantitative estimate of drug-likeness (QED) is 0.754. The molecular formula is C6H9IN2O. The van der Waals surface area contributed by atoms with Gasteiger partial charge in [0.1, 0.15) is 3.70 Å². The minimum absolute atomic E-state index is 0.720. The molecule has 0 aliphatic heterocycles. The van der Waals surface area contributed by atoms with Gasteiger partial charge in [0, 0.05) is 13.3 Å². The molecule has 0 radical (unpaired) electrons. The van der Waals surface area contributed by atoms with Gasteiger partial charge >= 0.3 is 0 Å². The second-order valence-electron chi connectivity index (χ2n) is 1.89. The lowest BCUT2D eigenvalue weighted by Crippen LogP contribution is -2.04. The highest BCUT2D eigenvalue weighted by atomic mass is 127. The lowest BCUT2D eigenvalue weighted by atomic mass is 10.7. The van der Waals surface area contributed by atoms with Gasteiger partial charge in [-0.25, -0.2) is 0 Å². The van der Waals surface area contributed by atoms with Crippen molar-refractivity contribution >= 4 is 22.6 Å². The van der Waals surface area contributed by atoms with Crippen molar-refractivity contribution in [3.05, 3.63) is 16.0 Å². The summed E-state index contributed by atoms with van der Waals surface area (Å²) in [6.45, 7) is 1.55. The molecule has 0 unspecified atom stereocenters. The Morgan fingerprint density at radius 2 is 2.60 bits per heavy atom. The monoisotopic (exact) mass is 252 g/mol. The first-order chi connectivity index (χ1) is 4.83. The third-order valence-electron chi connectivity index (χ3n) is 1.13. The summed E-state index contributed by atoms with van der Waals surface area (Å²) in [5, 5.41) is 4.17. The topological polar surface area (TPSA) is 27.1 Å². The third kappa shape index (κ3) is 2.26. The summed E-state index contributed by atoms with van der Waals surface area (Å²) in [4.78, 5) is 0. The van der Waals surface area contributed by atoms with Crippen LogP contribution in [-0.4, -0.2) is 23.5 Å². The SMILES string of the molecule is COCCn1ccc(I)n1. The van der Waals surface area contributed by atoms with E-state index in [0.29, 0.717) is 0 Å². The summed E-state index contributed by atoms with van der Waals surface area (Å²) in [6, 6.07) is 1.97. The number of rotatable bonds is 3. The molecule has 4 heteroatoms. The summed E-state index contributed by atoms with van der Waals surface area (Å²) in [7, 11) is 1.69. The molecule has 1 aromatic rings. The minimum Gasteiger partial charge on any atom is -0.383 e. The molecule has 0 aromatic carbocycles. The van der Waals surface area contributed by atoms with Gasteiger partial charge < -0.3 is 4.74 Å². The number of halogens is 1. The lowest BCUT2D eigenvalue weighted by molar-refractivity contribution is 0.183. The van der Waals surface area contributed by atoms with Crippen LogP contribution in [0.15, 0.2) is 12.3 Å². The Labute approximate surface area is 73.5 Å². The number of aromatic nitrogens is 2. The fourth-order valence-electron chi connectivity index (χ4n) is 0.646. The maximum atomic E-state index is 4.89. The predicted octanol–water partition coefficient (Wildman–Crippen LogP) is 1.13. The largest absolute Gasteiger partial charge is 0.383 e. The first kappa shape index (κ1) is 8.00. The van der Waals surface area contributed by atoms with Crippen LogP contribution in [0.4, 0.5) is 0 Å². The maximum Gasteiger partial charge on any atom is 0.123 e. The number of methoxy groups -OCH3 is 1. The van der Waals surface area contributed by atoms with E-state index in [4.69, 9.17) is 4.74 Å². The highest BCUT2D eigenvalue weighted by molar-refractivity contribution is 14.1. The van der Waals surface area contributed by atoms with Crippen molar-refractivity contribution in [1.29, 1.82) is 0 Å². The molecule has 1 heterocycles. The average Bonchev–Trinajstić information content (AvgIpc) is 2.31.